The lowest BCUT2D eigenvalue weighted by molar-refractivity contribution is 0.627. The van der Waals surface area contributed by atoms with Crippen LogP contribution in [0.15, 0.2) is 18.7 Å². The second kappa shape index (κ2) is 3.27. The van der Waals surface area contributed by atoms with Crippen molar-refractivity contribution in [2.24, 2.45) is 5.92 Å². The molecule has 1 unspecified atom stereocenters. The molecule has 0 saturated carbocycles. The third-order valence-corrected chi connectivity index (χ3v) is 3.18. The van der Waals surface area contributed by atoms with Crippen LogP contribution in [-0.2, 0) is 12.8 Å². The first-order valence-electron chi connectivity index (χ1n) is 5.36. The number of fused-ring (bicyclic) bond motifs is 1. The predicted octanol–water partition coefficient (Wildman–Crippen LogP) is 3.76. The van der Waals surface area contributed by atoms with Gasteiger partial charge in [-0.15, -0.1) is 0 Å². The summed E-state index contributed by atoms with van der Waals surface area (Å²) in [5.74, 6) is 0.823. The number of rotatable bonds is 1. The Morgan fingerprint density at radius 1 is 1.36 bits per heavy atom. The Kier molecular flexibility index (Phi) is 2.22. The van der Waals surface area contributed by atoms with Gasteiger partial charge < -0.3 is 0 Å². The van der Waals surface area contributed by atoms with Gasteiger partial charge >= 0.3 is 0 Å². The first-order valence-corrected chi connectivity index (χ1v) is 5.36. The van der Waals surface area contributed by atoms with E-state index in [1.54, 1.807) is 11.1 Å². The average Bonchev–Trinajstić information content (AvgIpc) is 2.45. The van der Waals surface area contributed by atoms with Crippen LogP contribution in [0, 0.1) is 12.8 Å². The Morgan fingerprint density at radius 2 is 2.07 bits per heavy atom. The standard InChI is InChI=1S/C14H18/c1-9(2)12-7-11(4)14-6-10(3)5-13(14)8-12/h7-8,10H,1,5-6H2,2-4H3. The Morgan fingerprint density at radius 3 is 2.71 bits per heavy atom. The van der Waals surface area contributed by atoms with Gasteiger partial charge in [-0.05, 0) is 54.9 Å². The third-order valence-electron chi connectivity index (χ3n) is 3.18. The molecule has 0 aromatic heterocycles. The van der Waals surface area contributed by atoms with Crippen molar-refractivity contribution in [2.45, 2.75) is 33.6 Å². The largest absolute Gasteiger partial charge is 0.0955 e. The Hall–Kier alpha value is -1.04. The van der Waals surface area contributed by atoms with Crippen LogP contribution in [0.5, 0.6) is 0 Å². The molecule has 0 amide bonds. The highest BCUT2D eigenvalue weighted by atomic mass is 14.2. The van der Waals surface area contributed by atoms with Gasteiger partial charge in [0.05, 0.1) is 0 Å². The summed E-state index contributed by atoms with van der Waals surface area (Å²) in [5.41, 5.74) is 7.08. The lowest BCUT2D eigenvalue weighted by Gasteiger charge is -2.08. The highest BCUT2D eigenvalue weighted by molar-refractivity contribution is 5.64. The van der Waals surface area contributed by atoms with Crippen molar-refractivity contribution in [3.8, 4) is 0 Å². The van der Waals surface area contributed by atoms with Crippen molar-refractivity contribution in [3.63, 3.8) is 0 Å². The van der Waals surface area contributed by atoms with Crippen LogP contribution in [0.1, 0.15) is 36.1 Å². The van der Waals surface area contributed by atoms with E-state index in [0.29, 0.717) is 0 Å². The van der Waals surface area contributed by atoms with E-state index in [1.165, 1.54) is 29.5 Å². The third kappa shape index (κ3) is 1.50. The van der Waals surface area contributed by atoms with E-state index in [2.05, 4.69) is 39.5 Å². The van der Waals surface area contributed by atoms with E-state index in [0.717, 1.165) is 5.92 Å². The summed E-state index contributed by atoms with van der Waals surface area (Å²) in [7, 11) is 0. The second-order valence-electron chi connectivity index (χ2n) is 4.72. The van der Waals surface area contributed by atoms with Crippen LogP contribution in [0.4, 0.5) is 0 Å². The molecule has 0 fully saturated rings. The van der Waals surface area contributed by atoms with Crippen LogP contribution in [0.2, 0.25) is 0 Å². The van der Waals surface area contributed by atoms with Crippen molar-refractivity contribution in [1.29, 1.82) is 0 Å². The average molecular weight is 186 g/mol. The number of aryl methyl sites for hydroxylation is 1. The summed E-state index contributed by atoms with van der Waals surface area (Å²) >= 11 is 0. The van der Waals surface area contributed by atoms with Crippen molar-refractivity contribution < 1.29 is 0 Å². The minimum Gasteiger partial charge on any atom is -0.0955 e. The summed E-state index contributed by atoms with van der Waals surface area (Å²) in [4.78, 5) is 0. The molecule has 1 aliphatic rings. The molecule has 0 N–H and O–H groups in total. The maximum Gasteiger partial charge on any atom is -0.0228 e. The summed E-state index contributed by atoms with van der Waals surface area (Å²) in [6.07, 6.45) is 2.51. The molecule has 0 radical (unpaired) electrons. The minimum absolute atomic E-state index is 0.823. The lowest BCUT2D eigenvalue weighted by Crippen LogP contribution is -1.91. The first kappa shape index (κ1) is 9.51. The number of hydrogen-bond donors (Lipinski definition) is 0. The second-order valence-corrected chi connectivity index (χ2v) is 4.72. The molecule has 0 spiro atoms. The van der Waals surface area contributed by atoms with Crippen LogP contribution < -0.4 is 0 Å². The summed E-state index contributed by atoms with van der Waals surface area (Å²) < 4.78 is 0. The molecule has 0 heterocycles. The highest BCUT2D eigenvalue weighted by Gasteiger charge is 2.19. The van der Waals surface area contributed by atoms with Gasteiger partial charge in [0.15, 0.2) is 0 Å². The van der Waals surface area contributed by atoms with E-state index in [-0.39, 0.29) is 0 Å². The van der Waals surface area contributed by atoms with Gasteiger partial charge in [-0.2, -0.15) is 0 Å². The zero-order valence-corrected chi connectivity index (χ0v) is 9.35. The molecule has 0 bridgehead atoms. The molecule has 0 heteroatoms. The van der Waals surface area contributed by atoms with Crippen molar-refractivity contribution in [3.05, 3.63) is 41.0 Å². The Balaban J connectivity index is 2.51. The SMILES string of the molecule is C=C(C)c1cc(C)c2c(c1)CC(C)C2. The zero-order chi connectivity index (χ0) is 10.3. The number of benzene rings is 1. The van der Waals surface area contributed by atoms with E-state index < -0.39 is 0 Å². The van der Waals surface area contributed by atoms with E-state index in [9.17, 15) is 0 Å². The van der Waals surface area contributed by atoms with Gasteiger partial charge in [-0.1, -0.05) is 31.2 Å². The molecule has 1 aromatic rings. The fraction of sp³-hybridized carbons (Fsp3) is 0.429. The maximum absolute atomic E-state index is 4.01. The summed E-state index contributed by atoms with van der Waals surface area (Å²) in [5, 5.41) is 0. The molecule has 0 saturated heterocycles. The van der Waals surface area contributed by atoms with Crippen LogP contribution in [0.3, 0.4) is 0 Å². The smallest absolute Gasteiger partial charge is 0.0228 e. The van der Waals surface area contributed by atoms with Crippen molar-refractivity contribution >= 4 is 5.57 Å². The monoisotopic (exact) mass is 186 g/mol. The van der Waals surface area contributed by atoms with Crippen LogP contribution in [-0.4, -0.2) is 0 Å². The molecule has 0 aliphatic heterocycles. The lowest BCUT2D eigenvalue weighted by atomic mass is 9.98. The van der Waals surface area contributed by atoms with E-state index in [4.69, 9.17) is 0 Å². The molecule has 2 rings (SSSR count). The fourth-order valence-electron chi connectivity index (χ4n) is 2.41. The molecule has 0 nitrogen and oxygen atoms in total. The van der Waals surface area contributed by atoms with Crippen molar-refractivity contribution in [1.82, 2.24) is 0 Å². The first-order chi connectivity index (χ1) is 6.58. The van der Waals surface area contributed by atoms with Gasteiger partial charge in [0.1, 0.15) is 0 Å². The fourth-order valence-corrected chi connectivity index (χ4v) is 2.41. The zero-order valence-electron chi connectivity index (χ0n) is 9.35. The van der Waals surface area contributed by atoms with Gasteiger partial charge in [-0.3, -0.25) is 0 Å². The predicted molar refractivity (Wildman–Crippen MR) is 62.5 cm³/mol. The van der Waals surface area contributed by atoms with Gasteiger partial charge in [-0.25, -0.2) is 0 Å². The van der Waals surface area contributed by atoms with Gasteiger partial charge in [0.25, 0.3) is 0 Å². The van der Waals surface area contributed by atoms with E-state index in [1.807, 2.05) is 0 Å². The molecular formula is C14H18. The summed E-state index contributed by atoms with van der Waals surface area (Å²) in [6, 6.07) is 4.60. The Bertz CT molecular complexity index is 385. The quantitative estimate of drug-likeness (QED) is 0.626. The number of allylic oxidation sites excluding steroid dienone is 1. The Labute approximate surface area is 86.7 Å². The molecule has 14 heavy (non-hydrogen) atoms. The van der Waals surface area contributed by atoms with Gasteiger partial charge in [0, 0.05) is 0 Å². The van der Waals surface area contributed by atoms with E-state index >= 15 is 0 Å². The molecule has 1 atom stereocenters. The van der Waals surface area contributed by atoms with Gasteiger partial charge in [0.2, 0.25) is 0 Å². The topological polar surface area (TPSA) is 0 Å². The van der Waals surface area contributed by atoms with Crippen LogP contribution >= 0.6 is 0 Å². The molecule has 1 aromatic carbocycles. The molecule has 1 aliphatic carbocycles. The molecular weight excluding hydrogens is 168 g/mol. The number of hydrogen-bond acceptors (Lipinski definition) is 0. The summed E-state index contributed by atoms with van der Waals surface area (Å²) in [6.45, 7) is 10.7. The maximum atomic E-state index is 4.01. The van der Waals surface area contributed by atoms with Crippen molar-refractivity contribution in [2.75, 3.05) is 0 Å². The van der Waals surface area contributed by atoms with Crippen LogP contribution in [0.25, 0.3) is 5.57 Å². The highest BCUT2D eigenvalue weighted by Crippen LogP contribution is 2.31. The molecule has 74 valence electrons. The normalized spacial score (nSPS) is 19.5. The minimum atomic E-state index is 0.823.